The van der Waals surface area contributed by atoms with Crippen LogP contribution in [-0.4, -0.2) is 24.7 Å². The van der Waals surface area contributed by atoms with Gasteiger partial charge in [0, 0.05) is 37.0 Å². The zero-order valence-corrected chi connectivity index (χ0v) is 18.6. The number of aryl methyl sites for hydroxylation is 2. The van der Waals surface area contributed by atoms with Crippen molar-refractivity contribution in [3.05, 3.63) is 70.7 Å². The van der Waals surface area contributed by atoms with E-state index in [9.17, 15) is 4.39 Å². The summed E-state index contributed by atoms with van der Waals surface area (Å²) in [5, 5.41) is 6.17. The highest BCUT2D eigenvalue weighted by Gasteiger charge is 2.15. The van der Waals surface area contributed by atoms with Crippen molar-refractivity contribution >= 4 is 28.2 Å². The summed E-state index contributed by atoms with van der Waals surface area (Å²) in [6.45, 7) is 2.24. The van der Waals surface area contributed by atoms with E-state index in [0.717, 1.165) is 15.4 Å². The van der Waals surface area contributed by atoms with Crippen LogP contribution in [0.5, 0.6) is 17.2 Å². The zero-order chi connectivity index (χ0) is 22.9. The smallest absolute Gasteiger partial charge is 0.163 e. The zero-order valence-electron chi connectivity index (χ0n) is 17.8. The predicted molar refractivity (Wildman–Crippen MR) is 124 cm³/mol. The van der Waals surface area contributed by atoms with Crippen LogP contribution in [0.3, 0.4) is 0 Å². The molecule has 5 aromatic rings. The number of nitrogens with two attached hydrogens (primary N) is 1. The first kappa shape index (κ1) is 20.8. The Morgan fingerprint density at radius 2 is 1.82 bits per heavy atom. The number of ether oxygens (including phenoxy) is 2. The molecule has 0 atom stereocenters. The SMILES string of the molecule is Cc1ncc(COc2cc(F)cc(Oc3ccc(-c4nn(C)c5ncnc(N)c45)cc3)c2)s1. The van der Waals surface area contributed by atoms with E-state index in [0.29, 0.717) is 46.4 Å². The number of aromatic nitrogens is 5. The molecule has 0 amide bonds. The maximum absolute atomic E-state index is 14.1. The molecule has 0 saturated heterocycles. The second-order valence-electron chi connectivity index (χ2n) is 7.31. The van der Waals surface area contributed by atoms with Gasteiger partial charge < -0.3 is 15.2 Å². The summed E-state index contributed by atoms with van der Waals surface area (Å²) in [6, 6.07) is 11.5. The third kappa shape index (κ3) is 4.33. The second-order valence-corrected chi connectivity index (χ2v) is 8.63. The lowest BCUT2D eigenvalue weighted by Crippen LogP contribution is -1.95. The number of hydrogen-bond donors (Lipinski definition) is 1. The lowest BCUT2D eigenvalue weighted by atomic mass is 10.1. The molecule has 8 nitrogen and oxygen atoms in total. The molecule has 0 spiro atoms. The van der Waals surface area contributed by atoms with E-state index in [1.807, 2.05) is 19.1 Å². The molecule has 5 rings (SSSR count). The van der Waals surface area contributed by atoms with Gasteiger partial charge in [-0.3, -0.25) is 0 Å². The van der Waals surface area contributed by atoms with E-state index in [1.165, 1.54) is 29.8 Å². The summed E-state index contributed by atoms with van der Waals surface area (Å²) in [4.78, 5) is 13.5. The summed E-state index contributed by atoms with van der Waals surface area (Å²) < 4.78 is 27.4. The average Bonchev–Trinajstić information content (AvgIpc) is 3.36. The first-order valence-electron chi connectivity index (χ1n) is 10.0. The van der Waals surface area contributed by atoms with Gasteiger partial charge in [-0.15, -0.1) is 11.3 Å². The summed E-state index contributed by atoms with van der Waals surface area (Å²) in [5.74, 6) is 1.17. The number of halogens is 1. The third-order valence-electron chi connectivity index (χ3n) is 4.91. The second kappa shape index (κ2) is 8.47. The van der Waals surface area contributed by atoms with Gasteiger partial charge in [0.1, 0.15) is 47.5 Å². The molecule has 0 bridgehead atoms. The van der Waals surface area contributed by atoms with Crippen LogP contribution in [0.15, 0.2) is 55.0 Å². The van der Waals surface area contributed by atoms with E-state index in [1.54, 1.807) is 36.1 Å². The molecule has 2 aromatic carbocycles. The van der Waals surface area contributed by atoms with E-state index in [4.69, 9.17) is 15.2 Å². The molecular formula is C23H19FN6O2S. The van der Waals surface area contributed by atoms with Crippen molar-refractivity contribution in [3.63, 3.8) is 0 Å². The van der Waals surface area contributed by atoms with Crippen molar-refractivity contribution in [2.45, 2.75) is 13.5 Å². The van der Waals surface area contributed by atoms with Crippen molar-refractivity contribution < 1.29 is 13.9 Å². The normalized spacial score (nSPS) is 11.1. The number of nitrogens with zero attached hydrogens (tertiary/aromatic N) is 5. The Hall–Kier alpha value is -4.05. The number of anilines is 1. The van der Waals surface area contributed by atoms with Crippen LogP contribution < -0.4 is 15.2 Å². The monoisotopic (exact) mass is 462 g/mol. The van der Waals surface area contributed by atoms with E-state index in [2.05, 4.69) is 20.1 Å². The predicted octanol–water partition coefficient (Wildman–Crippen LogP) is 4.89. The molecule has 0 aliphatic heterocycles. The first-order valence-corrected chi connectivity index (χ1v) is 10.8. The molecule has 0 saturated carbocycles. The number of fused-ring (bicyclic) bond motifs is 1. The Morgan fingerprint density at radius 3 is 2.58 bits per heavy atom. The number of thiazole rings is 1. The minimum Gasteiger partial charge on any atom is -0.488 e. The molecule has 0 aliphatic carbocycles. The van der Waals surface area contributed by atoms with Crippen LogP contribution in [0.4, 0.5) is 10.2 Å². The molecular weight excluding hydrogens is 443 g/mol. The fourth-order valence-electron chi connectivity index (χ4n) is 3.43. The molecule has 166 valence electrons. The highest BCUT2D eigenvalue weighted by Crippen LogP contribution is 2.32. The summed E-state index contributed by atoms with van der Waals surface area (Å²) in [6.07, 6.45) is 3.16. The first-order chi connectivity index (χ1) is 16.0. The molecule has 0 unspecified atom stereocenters. The van der Waals surface area contributed by atoms with Gasteiger partial charge >= 0.3 is 0 Å². The number of nitrogen functional groups attached to an aromatic ring is 1. The van der Waals surface area contributed by atoms with Crippen LogP contribution in [0.2, 0.25) is 0 Å². The maximum atomic E-state index is 14.1. The Bertz CT molecular complexity index is 1450. The molecule has 0 fully saturated rings. The molecule has 0 aliphatic rings. The van der Waals surface area contributed by atoms with Crippen LogP contribution in [-0.2, 0) is 13.7 Å². The number of rotatable bonds is 6. The number of benzene rings is 2. The van der Waals surface area contributed by atoms with Gasteiger partial charge in [0.05, 0.1) is 15.3 Å². The Labute approximate surface area is 192 Å². The molecule has 2 N–H and O–H groups in total. The topological polar surface area (TPSA) is 101 Å². The van der Waals surface area contributed by atoms with E-state index in [-0.39, 0.29) is 0 Å². The largest absolute Gasteiger partial charge is 0.488 e. The van der Waals surface area contributed by atoms with Crippen LogP contribution in [0, 0.1) is 12.7 Å². The minimum absolute atomic E-state index is 0.313. The van der Waals surface area contributed by atoms with Gasteiger partial charge in [-0.05, 0) is 31.2 Å². The summed E-state index contributed by atoms with van der Waals surface area (Å²) in [7, 11) is 1.80. The molecule has 10 heteroatoms. The Morgan fingerprint density at radius 1 is 1.03 bits per heavy atom. The van der Waals surface area contributed by atoms with Crippen LogP contribution >= 0.6 is 11.3 Å². The highest BCUT2D eigenvalue weighted by molar-refractivity contribution is 7.11. The van der Waals surface area contributed by atoms with Crippen molar-refractivity contribution in [2.24, 2.45) is 7.05 Å². The fourth-order valence-corrected chi connectivity index (χ4v) is 4.14. The minimum atomic E-state index is -0.449. The van der Waals surface area contributed by atoms with Gasteiger partial charge in [0.25, 0.3) is 0 Å². The van der Waals surface area contributed by atoms with E-state index >= 15 is 0 Å². The van der Waals surface area contributed by atoms with Gasteiger partial charge in [0.15, 0.2) is 5.65 Å². The molecule has 33 heavy (non-hydrogen) atoms. The Balaban J connectivity index is 1.35. The Kier molecular flexibility index (Phi) is 5.35. The lowest BCUT2D eigenvalue weighted by molar-refractivity contribution is 0.306. The maximum Gasteiger partial charge on any atom is 0.163 e. The van der Waals surface area contributed by atoms with Crippen molar-refractivity contribution in [2.75, 3.05) is 5.73 Å². The molecule has 3 aromatic heterocycles. The van der Waals surface area contributed by atoms with Crippen molar-refractivity contribution in [3.8, 4) is 28.5 Å². The standard InChI is InChI=1S/C23H19FN6O2S/c1-13-26-10-19(33-13)11-31-17-7-15(24)8-18(9-17)32-16-5-3-14(4-6-16)21-20-22(25)27-12-28-23(20)30(2)29-21/h3-10,12H,11H2,1-2H3,(H2,25,27,28). The molecule has 0 radical (unpaired) electrons. The quantitative estimate of drug-likeness (QED) is 0.383. The summed E-state index contributed by atoms with van der Waals surface area (Å²) >= 11 is 1.54. The lowest BCUT2D eigenvalue weighted by Gasteiger charge is -2.10. The number of hydrogen-bond acceptors (Lipinski definition) is 8. The summed E-state index contributed by atoms with van der Waals surface area (Å²) in [5.41, 5.74) is 8.21. The van der Waals surface area contributed by atoms with Crippen molar-refractivity contribution in [1.29, 1.82) is 0 Å². The molecule has 3 heterocycles. The fraction of sp³-hybridized carbons (Fsp3) is 0.130. The van der Waals surface area contributed by atoms with Gasteiger partial charge in [-0.1, -0.05) is 0 Å². The average molecular weight is 463 g/mol. The third-order valence-corrected chi connectivity index (χ3v) is 5.79. The van der Waals surface area contributed by atoms with Gasteiger partial charge in [-0.2, -0.15) is 5.10 Å². The van der Waals surface area contributed by atoms with Gasteiger partial charge in [0.2, 0.25) is 0 Å². The van der Waals surface area contributed by atoms with Crippen LogP contribution in [0.1, 0.15) is 9.88 Å². The van der Waals surface area contributed by atoms with Crippen molar-refractivity contribution in [1.82, 2.24) is 24.7 Å². The van der Waals surface area contributed by atoms with E-state index < -0.39 is 5.82 Å². The van der Waals surface area contributed by atoms with Gasteiger partial charge in [-0.25, -0.2) is 24.0 Å². The highest BCUT2D eigenvalue weighted by atomic mass is 32.1. The van der Waals surface area contributed by atoms with Crippen LogP contribution in [0.25, 0.3) is 22.3 Å².